The van der Waals surface area contributed by atoms with E-state index < -0.39 is 11.6 Å². The predicted molar refractivity (Wildman–Crippen MR) is 65.1 cm³/mol. The Balaban J connectivity index is 2.20. The zero-order valence-electron chi connectivity index (χ0n) is 10.0. The lowest BCUT2D eigenvalue weighted by Crippen LogP contribution is -2.34. The highest BCUT2D eigenvalue weighted by Crippen LogP contribution is 2.33. The Bertz CT molecular complexity index is 447. The molecule has 5 heteroatoms. The normalized spacial score (nSPS) is 14.6. The minimum absolute atomic E-state index is 0.0190. The van der Waals surface area contributed by atoms with Crippen molar-refractivity contribution in [2.24, 2.45) is 11.7 Å². The first kappa shape index (κ1) is 13.0. The summed E-state index contributed by atoms with van der Waals surface area (Å²) in [7, 11) is 0. The summed E-state index contributed by atoms with van der Waals surface area (Å²) in [4.78, 5) is 13.6. The number of halogens is 2. The lowest BCUT2D eigenvalue weighted by Gasteiger charge is -2.22. The fourth-order valence-electron chi connectivity index (χ4n) is 1.82. The zero-order chi connectivity index (χ0) is 13.1. The van der Waals surface area contributed by atoms with Crippen LogP contribution >= 0.6 is 0 Å². The van der Waals surface area contributed by atoms with Gasteiger partial charge in [-0.1, -0.05) is 0 Å². The molecule has 0 radical (unpaired) electrons. The van der Waals surface area contributed by atoms with E-state index in [9.17, 15) is 13.6 Å². The molecule has 0 spiro atoms. The summed E-state index contributed by atoms with van der Waals surface area (Å²) in [6, 6.07) is 3.53. The van der Waals surface area contributed by atoms with E-state index in [2.05, 4.69) is 0 Å². The van der Waals surface area contributed by atoms with Gasteiger partial charge in [0.15, 0.2) is 11.6 Å². The average molecular weight is 254 g/mol. The molecule has 0 atom stereocenters. The fourth-order valence-corrected chi connectivity index (χ4v) is 1.82. The van der Waals surface area contributed by atoms with E-state index in [1.54, 1.807) is 0 Å². The SMILES string of the molecule is NCCCN(C(=O)C1CC1)c1ccc(F)c(F)c1. The summed E-state index contributed by atoms with van der Waals surface area (Å²) >= 11 is 0. The molecule has 98 valence electrons. The summed E-state index contributed by atoms with van der Waals surface area (Å²) in [5.74, 6) is -1.82. The van der Waals surface area contributed by atoms with Crippen LogP contribution < -0.4 is 10.6 Å². The standard InChI is InChI=1S/C13H16F2N2O/c14-11-5-4-10(8-12(11)15)17(7-1-6-16)13(18)9-2-3-9/h4-5,8-9H,1-3,6-7,16H2. The van der Waals surface area contributed by atoms with Gasteiger partial charge in [0.25, 0.3) is 0 Å². The summed E-state index contributed by atoms with van der Waals surface area (Å²) in [5, 5.41) is 0. The predicted octanol–water partition coefficient (Wildman–Crippen LogP) is 2.06. The molecule has 0 bridgehead atoms. The van der Waals surface area contributed by atoms with Crippen LogP contribution in [0.1, 0.15) is 19.3 Å². The largest absolute Gasteiger partial charge is 0.330 e. The Morgan fingerprint density at radius 1 is 1.33 bits per heavy atom. The molecule has 0 unspecified atom stereocenters. The van der Waals surface area contributed by atoms with Crippen LogP contribution in [0.25, 0.3) is 0 Å². The van der Waals surface area contributed by atoms with Gasteiger partial charge in [-0.3, -0.25) is 4.79 Å². The third-order valence-corrected chi connectivity index (χ3v) is 2.99. The third-order valence-electron chi connectivity index (χ3n) is 2.99. The number of hydrogen-bond acceptors (Lipinski definition) is 2. The average Bonchev–Trinajstić information content (AvgIpc) is 3.18. The van der Waals surface area contributed by atoms with Crippen LogP contribution in [0.5, 0.6) is 0 Å². The Morgan fingerprint density at radius 2 is 2.06 bits per heavy atom. The highest BCUT2D eigenvalue weighted by atomic mass is 19.2. The Hall–Kier alpha value is -1.49. The maximum atomic E-state index is 13.2. The number of anilines is 1. The van der Waals surface area contributed by atoms with E-state index in [0.717, 1.165) is 25.0 Å². The highest BCUT2D eigenvalue weighted by Gasteiger charge is 2.34. The third kappa shape index (κ3) is 2.85. The molecule has 2 rings (SSSR count). The van der Waals surface area contributed by atoms with Crippen LogP contribution in [-0.4, -0.2) is 19.0 Å². The molecule has 0 aliphatic heterocycles. The maximum Gasteiger partial charge on any atom is 0.230 e. The molecule has 1 aliphatic rings. The van der Waals surface area contributed by atoms with Gasteiger partial charge in [-0.05, 0) is 37.9 Å². The molecule has 3 nitrogen and oxygen atoms in total. The topological polar surface area (TPSA) is 46.3 Å². The number of nitrogens with two attached hydrogens (primary N) is 1. The van der Waals surface area contributed by atoms with Gasteiger partial charge in [-0.2, -0.15) is 0 Å². The second-order valence-corrected chi connectivity index (χ2v) is 4.50. The molecule has 1 aliphatic carbocycles. The number of nitrogens with zero attached hydrogens (tertiary/aromatic N) is 1. The minimum atomic E-state index is -0.936. The second-order valence-electron chi connectivity index (χ2n) is 4.50. The lowest BCUT2D eigenvalue weighted by atomic mass is 10.2. The number of amides is 1. The molecule has 1 aromatic carbocycles. The Labute approximate surface area is 105 Å². The van der Waals surface area contributed by atoms with Crippen LogP contribution in [0.15, 0.2) is 18.2 Å². The summed E-state index contributed by atoms with van der Waals surface area (Å²) in [5.41, 5.74) is 5.83. The van der Waals surface area contributed by atoms with Gasteiger partial charge in [0.1, 0.15) is 0 Å². The van der Waals surface area contributed by atoms with Crippen LogP contribution in [0.3, 0.4) is 0 Å². The number of carbonyl (C=O) groups excluding carboxylic acids is 1. The van der Waals surface area contributed by atoms with E-state index in [1.165, 1.54) is 11.0 Å². The Morgan fingerprint density at radius 3 is 2.61 bits per heavy atom. The zero-order valence-corrected chi connectivity index (χ0v) is 10.0. The van der Waals surface area contributed by atoms with Gasteiger partial charge < -0.3 is 10.6 Å². The number of hydrogen-bond donors (Lipinski definition) is 1. The second kappa shape index (κ2) is 5.44. The minimum Gasteiger partial charge on any atom is -0.330 e. The molecule has 1 amide bonds. The molecular weight excluding hydrogens is 238 g/mol. The summed E-state index contributed by atoms with van der Waals surface area (Å²) in [6.07, 6.45) is 2.39. The van der Waals surface area contributed by atoms with Crippen LogP contribution in [0, 0.1) is 17.6 Å². The van der Waals surface area contributed by atoms with Crippen molar-refractivity contribution >= 4 is 11.6 Å². The van der Waals surface area contributed by atoms with Crippen molar-refractivity contribution in [3.8, 4) is 0 Å². The van der Waals surface area contributed by atoms with Gasteiger partial charge in [-0.15, -0.1) is 0 Å². The molecule has 2 N–H and O–H groups in total. The molecule has 1 aromatic rings. The van der Waals surface area contributed by atoms with Crippen molar-refractivity contribution in [3.63, 3.8) is 0 Å². The first-order valence-corrected chi connectivity index (χ1v) is 6.10. The summed E-state index contributed by atoms with van der Waals surface area (Å²) in [6.45, 7) is 0.898. The Kier molecular flexibility index (Phi) is 3.91. The van der Waals surface area contributed by atoms with Crippen LogP contribution in [0.2, 0.25) is 0 Å². The quantitative estimate of drug-likeness (QED) is 0.874. The molecular formula is C13H16F2N2O. The highest BCUT2D eigenvalue weighted by molar-refractivity contribution is 5.96. The van der Waals surface area contributed by atoms with Gasteiger partial charge in [0.2, 0.25) is 5.91 Å². The van der Waals surface area contributed by atoms with Gasteiger partial charge in [0.05, 0.1) is 0 Å². The molecule has 0 saturated heterocycles. The molecule has 0 heterocycles. The smallest absolute Gasteiger partial charge is 0.230 e. The molecule has 0 aromatic heterocycles. The monoisotopic (exact) mass is 254 g/mol. The van der Waals surface area contributed by atoms with Crippen LogP contribution in [-0.2, 0) is 4.79 Å². The van der Waals surface area contributed by atoms with E-state index in [0.29, 0.717) is 25.2 Å². The number of benzene rings is 1. The van der Waals surface area contributed by atoms with Crippen molar-refractivity contribution in [2.45, 2.75) is 19.3 Å². The lowest BCUT2D eigenvalue weighted by molar-refractivity contribution is -0.119. The van der Waals surface area contributed by atoms with Crippen molar-refractivity contribution in [1.82, 2.24) is 0 Å². The first-order valence-electron chi connectivity index (χ1n) is 6.10. The van der Waals surface area contributed by atoms with Crippen LogP contribution in [0.4, 0.5) is 14.5 Å². The fraction of sp³-hybridized carbons (Fsp3) is 0.462. The molecule has 1 fully saturated rings. The van der Waals surface area contributed by atoms with Gasteiger partial charge in [0, 0.05) is 24.2 Å². The van der Waals surface area contributed by atoms with E-state index in [-0.39, 0.29) is 11.8 Å². The molecule has 1 saturated carbocycles. The summed E-state index contributed by atoms with van der Waals surface area (Å²) < 4.78 is 26.1. The van der Waals surface area contributed by atoms with Crippen molar-refractivity contribution in [1.29, 1.82) is 0 Å². The van der Waals surface area contributed by atoms with E-state index >= 15 is 0 Å². The maximum absolute atomic E-state index is 13.2. The first-order chi connectivity index (χ1) is 8.63. The molecule has 18 heavy (non-hydrogen) atoms. The van der Waals surface area contributed by atoms with Crippen molar-refractivity contribution in [3.05, 3.63) is 29.8 Å². The number of rotatable bonds is 5. The number of carbonyl (C=O) groups is 1. The van der Waals surface area contributed by atoms with Crippen molar-refractivity contribution < 1.29 is 13.6 Å². The van der Waals surface area contributed by atoms with Gasteiger partial charge >= 0.3 is 0 Å². The van der Waals surface area contributed by atoms with E-state index in [1.807, 2.05) is 0 Å². The van der Waals surface area contributed by atoms with Gasteiger partial charge in [-0.25, -0.2) is 8.78 Å². The van der Waals surface area contributed by atoms with E-state index in [4.69, 9.17) is 5.73 Å². The van der Waals surface area contributed by atoms with Crippen molar-refractivity contribution in [2.75, 3.05) is 18.0 Å².